The second-order valence-corrected chi connectivity index (χ2v) is 6.79. The molecule has 1 amide bonds. The van der Waals surface area contributed by atoms with Gasteiger partial charge in [0, 0.05) is 44.3 Å². The van der Waals surface area contributed by atoms with Crippen molar-refractivity contribution in [3.63, 3.8) is 0 Å². The molecule has 0 saturated carbocycles. The SMILES string of the molecule is CN(CCNC(=O)CC1CC2CCC(C1)N2)c1ccccc1.Cl.Cl. The molecule has 6 heteroatoms. The summed E-state index contributed by atoms with van der Waals surface area (Å²) in [5, 5.41) is 6.71. The van der Waals surface area contributed by atoms with E-state index in [1.807, 2.05) is 18.2 Å². The molecule has 1 aromatic carbocycles. The number of rotatable bonds is 6. The monoisotopic (exact) mass is 373 g/mol. The highest BCUT2D eigenvalue weighted by molar-refractivity contribution is 5.85. The number of para-hydroxylation sites is 1. The highest BCUT2D eigenvalue weighted by Gasteiger charge is 2.34. The number of piperidine rings is 1. The number of nitrogens with one attached hydrogen (secondary N) is 2. The third-order valence-electron chi connectivity index (χ3n) is 5.01. The van der Waals surface area contributed by atoms with E-state index in [0.717, 1.165) is 6.54 Å². The average Bonchev–Trinajstić information content (AvgIpc) is 2.87. The Labute approximate surface area is 157 Å². The molecule has 2 N–H and O–H groups in total. The summed E-state index contributed by atoms with van der Waals surface area (Å²) in [6.07, 6.45) is 5.64. The van der Waals surface area contributed by atoms with Crippen LogP contribution in [0.5, 0.6) is 0 Å². The first-order chi connectivity index (χ1) is 10.7. The number of hydrogen-bond acceptors (Lipinski definition) is 3. The van der Waals surface area contributed by atoms with Crippen molar-refractivity contribution in [2.75, 3.05) is 25.0 Å². The summed E-state index contributed by atoms with van der Waals surface area (Å²) < 4.78 is 0. The van der Waals surface area contributed by atoms with Crippen LogP contribution in [0.1, 0.15) is 32.1 Å². The van der Waals surface area contributed by atoms with Crippen molar-refractivity contribution in [2.45, 2.75) is 44.2 Å². The molecule has 2 saturated heterocycles. The third-order valence-corrected chi connectivity index (χ3v) is 5.01. The van der Waals surface area contributed by atoms with Crippen molar-refractivity contribution in [3.8, 4) is 0 Å². The van der Waals surface area contributed by atoms with Gasteiger partial charge < -0.3 is 15.5 Å². The Kier molecular flexibility index (Phi) is 8.88. The van der Waals surface area contributed by atoms with Crippen LogP contribution in [0.15, 0.2) is 30.3 Å². The first kappa shape index (κ1) is 21.1. The zero-order valence-corrected chi connectivity index (χ0v) is 15.9. The van der Waals surface area contributed by atoms with Gasteiger partial charge in [-0.25, -0.2) is 0 Å². The third kappa shape index (κ3) is 5.83. The van der Waals surface area contributed by atoms with Gasteiger partial charge in [0.05, 0.1) is 0 Å². The van der Waals surface area contributed by atoms with E-state index in [9.17, 15) is 4.79 Å². The van der Waals surface area contributed by atoms with Crippen molar-refractivity contribution >= 4 is 36.4 Å². The minimum Gasteiger partial charge on any atom is -0.373 e. The van der Waals surface area contributed by atoms with E-state index in [1.54, 1.807) is 0 Å². The Balaban J connectivity index is 0.00000144. The second kappa shape index (κ2) is 10.1. The fraction of sp³-hybridized carbons (Fsp3) is 0.611. The number of anilines is 1. The minimum atomic E-state index is 0. The van der Waals surface area contributed by atoms with Gasteiger partial charge in [-0.1, -0.05) is 18.2 Å². The molecule has 2 bridgehead atoms. The number of fused-ring (bicyclic) bond motifs is 2. The summed E-state index contributed by atoms with van der Waals surface area (Å²) in [6, 6.07) is 11.6. The number of halogens is 2. The Morgan fingerprint density at radius 1 is 1.17 bits per heavy atom. The van der Waals surface area contributed by atoms with Crippen LogP contribution in [0, 0.1) is 5.92 Å². The summed E-state index contributed by atoms with van der Waals surface area (Å²) in [6.45, 7) is 1.55. The van der Waals surface area contributed by atoms with Crippen LogP contribution in [0.4, 0.5) is 5.69 Å². The van der Waals surface area contributed by atoms with Gasteiger partial charge in [-0.15, -0.1) is 24.8 Å². The number of likely N-dealkylation sites (N-methyl/N-ethyl adjacent to an activating group) is 1. The predicted molar refractivity (Wildman–Crippen MR) is 105 cm³/mol. The lowest BCUT2D eigenvalue weighted by molar-refractivity contribution is -0.122. The number of carbonyl (C=O) groups excluding carboxylic acids is 1. The molecule has 2 atom stereocenters. The predicted octanol–water partition coefficient (Wildman–Crippen LogP) is 3.00. The molecule has 136 valence electrons. The lowest BCUT2D eigenvalue weighted by atomic mass is 9.89. The second-order valence-electron chi connectivity index (χ2n) is 6.79. The molecular weight excluding hydrogens is 345 g/mol. The number of amides is 1. The normalized spacial score (nSPS) is 24.5. The molecule has 0 radical (unpaired) electrons. The number of carbonyl (C=O) groups is 1. The maximum absolute atomic E-state index is 12.1. The van der Waals surface area contributed by atoms with Crippen LogP contribution < -0.4 is 15.5 Å². The smallest absolute Gasteiger partial charge is 0.220 e. The molecule has 3 rings (SSSR count). The van der Waals surface area contributed by atoms with E-state index in [2.05, 4.69) is 34.7 Å². The molecule has 0 spiro atoms. The van der Waals surface area contributed by atoms with Crippen molar-refractivity contribution in [1.82, 2.24) is 10.6 Å². The van der Waals surface area contributed by atoms with Gasteiger partial charge in [-0.05, 0) is 43.7 Å². The lowest BCUT2D eigenvalue weighted by Gasteiger charge is -2.28. The number of benzene rings is 1. The Morgan fingerprint density at radius 2 is 1.79 bits per heavy atom. The number of hydrogen-bond donors (Lipinski definition) is 2. The van der Waals surface area contributed by atoms with Crippen LogP contribution in [0.2, 0.25) is 0 Å². The van der Waals surface area contributed by atoms with Gasteiger partial charge >= 0.3 is 0 Å². The van der Waals surface area contributed by atoms with Crippen molar-refractivity contribution in [3.05, 3.63) is 30.3 Å². The largest absolute Gasteiger partial charge is 0.373 e. The fourth-order valence-electron chi connectivity index (χ4n) is 3.85. The zero-order chi connectivity index (χ0) is 15.4. The van der Waals surface area contributed by atoms with E-state index in [1.165, 1.54) is 31.4 Å². The molecule has 0 aliphatic carbocycles. The molecule has 2 aliphatic heterocycles. The molecule has 2 unspecified atom stereocenters. The van der Waals surface area contributed by atoms with Gasteiger partial charge in [0.15, 0.2) is 0 Å². The first-order valence-corrected chi connectivity index (χ1v) is 8.49. The molecule has 2 fully saturated rings. The summed E-state index contributed by atoms with van der Waals surface area (Å²) in [5.74, 6) is 0.790. The zero-order valence-electron chi connectivity index (χ0n) is 14.2. The summed E-state index contributed by atoms with van der Waals surface area (Å²) in [4.78, 5) is 14.3. The molecular formula is C18H29Cl2N3O. The molecule has 0 aromatic heterocycles. The Hall–Kier alpha value is -0.970. The standard InChI is InChI=1S/C18H27N3O.2ClH/c1-21(17-5-3-2-4-6-17)10-9-19-18(22)13-14-11-15-7-8-16(12-14)20-15;;/h2-6,14-16,20H,7-13H2,1H3,(H,19,22);2*1H. The van der Waals surface area contributed by atoms with Crippen LogP contribution in [-0.2, 0) is 4.79 Å². The van der Waals surface area contributed by atoms with E-state index < -0.39 is 0 Å². The fourth-order valence-corrected chi connectivity index (χ4v) is 3.85. The Morgan fingerprint density at radius 3 is 2.42 bits per heavy atom. The quantitative estimate of drug-likeness (QED) is 0.805. The maximum Gasteiger partial charge on any atom is 0.220 e. The van der Waals surface area contributed by atoms with Gasteiger partial charge in [0.2, 0.25) is 5.91 Å². The molecule has 1 aromatic rings. The van der Waals surface area contributed by atoms with E-state index in [-0.39, 0.29) is 30.7 Å². The van der Waals surface area contributed by atoms with Crippen LogP contribution in [0.25, 0.3) is 0 Å². The van der Waals surface area contributed by atoms with Crippen molar-refractivity contribution < 1.29 is 4.79 Å². The summed E-state index contributed by atoms with van der Waals surface area (Å²) >= 11 is 0. The molecule has 2 heterocycles. The summed E-state index contributed by atoms with van der Waals surface area (Å²) in [5.41, 5.74) is 1.19. The lowest BCUT2D eigenvalue weighted by Crippen LogP contribution is -2.40. The molecule has 2 aliphatic rings. The highest BCUT2D eigenvalue weighted by atomic mass is 35.5. The average molecular weight is 374 g/mol. The highest BCUT2D eigenvalue weighted by Crippen LogP contribution is 2.32. The van der Waals surface area contributed by atoms with Crippen molar-refractivity contribution in [2.24, 2.45) is 5.92 Å². The van der Waals surface area contributed by atoms with Gasteiger partial charge in [0.1, 0.15) is 0 Å². The van der Waals surface area contributed by atoms with E-state index in [0.29, 0.717) is 31.0 Å². The van der Waals surface area contributed by atoms with Gasteiger partial charge in [-0.2, -0.15) is 0 Å². The Bertz CT molecular complexity index is 488. The molecule has 24 heavy (non-hydrogen) atoms. The van der Waals surface area contributed by atoms with Crippen molar-refractivity contribution in [1.29, 1.82) is 0 Å². The van der Waals surface area contributed by atoms with Gasteiger partial charge in [-0.3, -0.25) is 4.79 Å². The van der Waals surface area contributed by atoms with E-state index >= 15 is 0 Å². The van der Waals surface area contributed by atoms with Crippen LogP contribution >= 0.6 is 24.8 Å². The van der Waals surface area contributed by atoms with E-state index in [4.69, 9.17) is 0 Å². The van der Waals surface area contributed by atoms with Crippen LogP contribution in [-0.4, -0.2) is 38.1 Å². The minimum absolute atomic E-state index is 0. The topological polar surface area (TPSA) is 44.4 Å². The van der Waals surface area contributed by atoms with Gasteiger partial charge in [0.25, 0.3) is 0 Å². The molecule has 4 nitrogen and oxygen atoms in total. The maximum atomic E-state index is 12.1. The van der Waals surface area contributed by atoms with Crippen LogP contribution in [0.3, 0.4) is 0 Å². The number of nitrogens with zero attached hydrogens (tertiary/aromatic N) is 1. The summed E-state index contributed by atoms with van der Waals surface area (Å²) in [7, 11) is 2.06. The first-order valence-electron chi connectivity index (χ1n) is 8.49.